The number of halogens is 1. The van der Waals surface area contributed by atoms with Crippen LogP contribution >= 0.6 is 15.9 Å². The summed E-state index contributed by atoms with van der Waals surface area (Å²) in [7, 11) is 0. The molecule has 0 aliphatic rings. The Kier molecular flexibility index (Phi) is 5.16. The van der Waals surface area contributed by atoms with Crippen LogP contribution in [-0.4, -0.2) is 17.3 Å². The zero-order chi connectivity index (χ0) is 13.5. The number of nitrogens with one attached hydrogen (secondary N) is 1. The molecule has 0 aliphatic carbocycles. The molecule has 0 aliphatic heterocycles. The largest absolute Gasteiger partial charge is 0.348 e. The summed E-state index contributed by atoms with van der Waals surface area (Å²) in [5.41, 5.74) is 1.92. The lowest BCUT2D eigenvalue weighted by molar-refractivity contribution is 0.0941. The van der Waals surface area contributed by atoms with Crippen molar-refractivity contribution in [2.75, 3.05) is 5.33 Å². The zero-order valence-electron chi connectivity index (χ0n) is 10.6. The summed E-state index contributed by atoms with van der Waals surface area (Å²) in [6.45, 7) is 0. The van der Waals surface area contributed by atoms with Crippen LogP contribution in [0.3, 0.4) is 0 Å². The lowest BCUT2D eigenvalue weighted by Crippen LogP contribution is -2.37. The number of alkyl halides is 1. The average molecular weight is 318 g/mol. The summed E-state index contributed by atoms with van der Waals surface area (Å²) in [6.07, 6.45) is 0.824. The van der Waals surface area contributed by atoms with Gasteiger partial charge in [-0.15, -0.1) is 0 Å². The molecule has 1 amide bonds. The second kappa shape index (κ2) is 7.10. The summed E-state index contributed by atoms with van der Waals surface area (Å²) < 4.78 is 0. The predicted molar refractivity (Wildman–Crippen MR) is 81.6 cm³/mol. The predicted octanol–water partition coefficient (Wildman–Crippen LogP) is 3.42. The molecule has 2 nitrogen and oxygen atoms in total. The molecule has 2 rings (SSSR count). The van der Waals surface area contributed by atoms with E-state index in [1.807, 2.05) is 48.5 Å². The third kappa shape index (κ3) is 4.21. The highest BCUT2D eigenvalue weighted by Crippen LogP contribution is 2.07. The fourth-order valence-corrected chi connectivity index (χ4v) is 2.29. The monoisotopic (exact) mass is 317 g/mol. The molecule has 0 bridgehead atoms. The molecule has 0 heterocycles. The molecule has 0 saturated heterocycles. The first kappa shape index (κ1) is 13.8. The summed E-state index contributed by atoms with van der Waals surface area (Å²) in [4.78, 5) is 12.1. The van der Waals surface area contributed by atoms with E-state index in [0.29, 0.717) is 5.56 Å². The quantitative estimate of drug-likeness (QED) is 0.841. The molecule has 0 fully saturated rings. The van der Waals surface area contributed by atoms with Crippen molar-refractivity contribution < 1.29 is 4.79 Å². The van der Waals surface area contributed by atoms with E-state index in [4.69, 9.17) is 0 Å². The summed E-state index contributed by atoms with van der Waals surface area (Å²) >= 11 is 3.46. The van der Waals surface area contributed by atoms with Gasteiger partial charge in [0.25, 0.3) is 5.91 Å². The maximum absolute atomic E-state index is 12.1. The molecule has 0 aromatic heterocycles. The van der Waals surface area contributed by atoms with Crippen molar-refractivity contribution in [3.8, 4) is 0 Å². The van der Waals surface area contributed by atoms with E-state index in [1.54, 1.807) is 0 Å². The van der Waals surface area contributed by atoms with Crippen LogP contribution in [0.25, 0.3) is 0 Å². The van der Waals surface area contributed by atoms with Crippen LogP contribution in [0.15, 0.2) is 60.7 Å². The molecule has 0 spiro atoms. The Balaban J connectivity index is 1.98. The van der Waals surface area contributed by atoms with Gasteiger partial charge < -0.3 is 5.32 Å². The number of rotatable bonds is 5. The van der Waals surface area contributed by atoms with Crippen LogP contribution < -0.4 is 5.32 Å². The Hall–Kier alpha value is -1.61. The van der Waals surface area contributed by atoms with Gasteiger partial charge in [-0.1, -0.05) is 64.5 Å². The Morgan fingerprint density at radius 1 is 1.00 bits per heavy atom. The minimum Gasteiger partial charge on any atom is -0.348 e. The van der Waals surface area contributed by atoms with E-state index in [2.05, 4.69) is 33.4 Å². The van der Waals surface area contributed by atoms with Crippen molar-refractivity contribution in [1.29, 1.82) is 0 Å². The second-order valence-electron chi connectivity index (χ2n) is 4.38. The molecular formula is C16H16BrNO. The van der Waals surface area contributed by atoms with Crippen molar-refractivity contribution in [1.82, 2.24) is 5.32 Å². The third-order valence-electron chi connectivity index (χ3n) is 2.88. The molecule has 2 aromatic rings. The van der Waals surface area contributed by atoms with Crippen molar-refractivity contribution >= 4 is 21.8 Å². The van der Waals surface area contributed by atoms with Crippen LogP contribution in [-0.2, 0) is 6.42 Å². The SMILES string of the molecule is O=C(NC(CBr)Cc1ccccc1)c1ccccc1. The van der Waals surface area contributed by atoms with Gasteiger partial charge in [-0.05, 0) is 24.1 Å². The normalized spacial score (nSPS) is 11.8. The number of hydrogen-bond acceptors (Lipinski definition) is 1. The van der Waals surface area contributed by atoms with E-state index in [0.717, 1.165) is 11.8 Å². The van der Waals surface area contributed by atoms with Gasteiger partial charge in [0.2, 0.25) is 0 Å². The van der Waals surface area contributed by atoms with Crippen LogP contribution in [0.4, 0.5) is 0 Å². The zero-order valence-corrected chi connectivity index (χ0v) is 12.1. The van der Waals surface area contributed by atoms with Crippen molar-refractivity contribution in [2.24, 2.45) is 0 Å². The summed E-state index contributed by atoms with van der Waals surface area (Å²) in [6, 6.07) is 19.6. The summed E-state index contributed by atoms with van der Waals surface area (Å²) in [5, 5.41) is 3.78. The number of carbonyl (C=O) groups excluding carboxylic acids is 1. The van der Waals surface area contributed by atoms with E-state index in [9.17, 15) is 4.79 Å². The number of benzene rings is 2. The Labute approximate surface area is 122 Å². The molecule has 98 valence electrons. The molecule has 1 N–H and O–H groups in total. The summed E-state index contributed by atoms with van der Waals surface area (Å²) in [5.74, 6) is -0.0269. The van der Waals surface area contributed by atoms with Gasteiger partial charge >= 0.3 is 0 Å². The fraction of sp³-hybridized carbons (Fsp3) is 0.188. The van der Waals surface area contributed by atoms with Gasteiger partial charge in [-0.3, -0.25) is 4.79 Å². The van der Waals surface area contributed by atoms with Gasteiger partial charge in [0.15, 0.2) is 0 Å². The first-order valence-corrected chi connectivity index (χ1v) is 7.37. The van der Waals surface area contributed by atoms with Gasteiger partial charge in [0.05, 0.1) is 0 Å². The average Bonchev–Trinajstić information content (AvgIpc) is 2.48. The van der Waals surface area contributed by atoms with Gasteiger partial charge in [0, 0.05) is 16.9 Å². The van der Waals surface area contributed by atoms with Crippen LogP contribution in [0.5, 0.6) is 0 Å². The smallest absolute Gasteiger partial charge is 0.251 e. The lowest BCUT2D eigenvalue weighted by atomic mass is 10.1. The third-order valence-corrected chi connectivity index (χ3v) is 3.66. The molecule has 1 atom stereocenters. The Bertz CT molecular complexity index is 513. The molecule has 0 radical (unpaired) electrons. The van der Waals surface area contributed by atoms with Crippen LogP contribution in [0.2, 0.25) is 0 Å². The van der Waals surface area contributed by atoms with E-state index >= 15 is 0 Å². The molecule has 2 aromatic carbocycles. The van der Waals surface area contributed by atoms with Crippen molar-refractivity contribution in [3.63, 3.8) is 0 Å². The first-order valence-electron chi connectivity index (χ1n) is 6.25. The second-order valence-corrected chi connectivity index (χ2v) is 5.03. The Morgan fingerprint density at radius 2 is 1.58 bits per heavy atom. The van der Waals surface area contributed by atoms with E-state index in [-0.39, 0.29) is 11.9 Å². The number of amides is 1. The standard InChI is InChI=1S/C16H16BrNO/c17-12-15(11-13-7-3-1-4-8-13)18-16(19)14-9-5-2-6-10-14/h1-10,15H,11-12H2,(H,18,19). The lowest BCUT2D eigenvalue weighted by Gasteiger charge is -2.16. The molecule has 19 heavy (non-hydrogen) atoms. The molecule has 3 heteroatoms. The van der Waals surface area contributed by atoms with Crippen molar-refractivity contribution in [2.45, 2.75) is 12.5 Å². The minimum absolute atomic E-state index is 0.0269. The molecule has 1 unspecified atom stereocenters. The Morgan fingerprint density at radius 3 is 2.16 bits per heavy atom. The van der Waals surface area contributed by atoms with E-state index < -0.39 is 0 Å². The molecular weight excluding hydrogens is 302 g/mol. The number of carbonyl (C=O) groups is 1. The topological polar surface area (TPSA) is 29.1 Å². The number of hydrogen-bond donors (Lipinski definition) is 1. The molecule has 0 saturated carbocycles. The fourth-order valence-electron chi connectivity index (χ4n) is 1.90. The van der Waals surface area contributed by atoms with Crippen molar-refractivity contribution in [3.05, 3.63) is 71.8 Å². The van der Waals surface area contributed by atoms with Crippen LogP contribution in [0.1, 0.15) is 15.9 Å². The highest BCUT2D eigenvalue weighted by atomic mass is 79.9. The van der Waals surface area contributed by atoms with Gasteiger partial charge in [0.1, 0.15) is 0 Å². The highest BCUT2D eigenvalue weighted by molar-refractivity contribution is 9.09. The highest BCUT2D eigenvalue weighted by Gasteiger charge is 2.12. The van der Waals surface area contributed by atoms with E-state index in [1.165, 1.54) is 5.56 Å². The first-order chi connectivity index (χ1) is 9.29. The van der Waals surface area contributed by atoms with Gasteiger partial charge in [-0.2, -0.15) is 0 Å². The maximum atomic E-state index is 12.1. The van der Waals surface area contributed by atoms with Crippen LogP contribution in [0, 0.1) is 0 Å². The maximum Gasteiger partial charge on any atom is 0.251 e. The minimum atomic E-state index is -0.0269. The van der Waals surface area contributed by atoms with Gasteiger partial charge in [-0.25, -0.2) is 0 Å².